The van der Waals surface area contributed by atoms with Gasteiger partial charge in [-0.25, -0.2) is 13.1 Å². The van der Waals surface area contributed by atoms with Crippen molar-refractivity contribution in [1.82, 2.24) is 9.62 Å². The minimum atomic E-state index is -3.21. The van der Waals surface area contributed by atoms with Crippen molar-refractivity contribution in [3.8, 4) is 0 Å². The van der Waals surface area contributed by atoms with Gasteiger partial charge in [0.2, 0.25) is 15.9 Å². The molecule has 7 nitrogen and oxygen atoms in total. The molecule has 0 aromatic carbocycles. The van der Waals surface area contributed by atoms with E-state index >= 15 is 0 Å². The van der Waals surface area contributed by atoms with Crippen molar-refractivity contribution in [2.45, 2.75) is 45.6 Å². The average Bonchev–Trinajstić information content (AvgIpc) is 2.38. The Labute approximate surface area is 125 Å². The highest BCUT2D eigenvalue weighted by molar-refractivity contribution is 7.89. The molecule has 0 aromatic heterocycles. The molecule has 8 heteroatoms. The largest absolute Gasteiger partial charge is 0.481 e. The van der Waals surface area contributed by atoms with Gasteiger partial charge in [-0.05, 0) is 25.7 Å². The molecule has 1 aliphatic heterocycles. The zero-order valence-corrected chi connectivity index (χ0v) is 13.4. The van der Waals surface area contributed by atoms with Gasteiger partial charge in [0.05, 0.1) is 5.75 Å². The van der Waals surface area contributed by atoms with E-state index in [1.807, 2.05) is 0 Å². The van der Waals surface area contributed by atoms with E-state index in [0.717, 1.165) is 0 Å². The summed E-state index contributed by atoms with van der Waals surface area (Å²) >= 11 is 0. The van der Waals surface area contributed by atoms with Crippen molar-refractivity contribution < 1.29 is 23.1 Å². The molecule has 1 atom stereocenters. The molecule has 1 amide bonds. The van der Waals surface area contributed by atoms with Crippen LogP contribution >= 0.6 is 0 Å². The number of sulfonamides is 1. The Hall–Kier alpha value is -1.15. The van der Waals surface area contributed by atoms with Crippen LogP contribution in [0.15, 0.2) is 0 Å². The number of carboxylic acid groups (broad SMARTS) is 1. The van der Waals surface area contributed by atoms with Gasteiger partial charge in [0.15, 0.2) is 0 Å². The fourth-order valence-electron chi connectivity index (χ4n) is 2.38. The minimum Gasteiger partial charge on any atom is -0.481 e. The molecular weight excluding hydrogens is 296 g/mol. The molecule has 0 aromatic rings. The Balaban J connectivity index is 2.39. The van der Waals surface area contributed by atoms with Gasteiger partial charge < -0.3 is 10.0 Å². The van der Waals surface area contributed by atoms with Crippen molar-refractivity contribution in [3.05, 3.63) is 0 Å². The van der Waals surface area contributed by atoms with E-state index in [1.54, 1.807) is 18.7 Å². The molecule has 2 N–H and O–H groups in total. The quantitative estimate of drug-likeness (QED) is 0.707. The highest BCUT2D eigenvalue weighted by Gasteiger charge is 2.26. The van der Waals surface area contributed by atoms with Crippen LogP contribution in [-0.4, -0.2) is 55.2 Å². The predicted molar refractivity (Wildman–Crippen MR) is 78.2 cm³/mol. The van der Waals surface area contributed by atoms with Crippen molar-refractivity contribution in [2.75, 3.05) is 18.8 Å². The molecule has 0 spiro atoms. The molecule has 21 heavy (non-hydrogen) atoms. The topological polar surface area (TPSA) is 104 Å². The zero-order chi connectivity index (χ0) is 16.0. The lowest BCUT2D eigenvalue weighted by atomic mass is 10.0. The molecular formula is C13H24N2O5S. The summed E-state index contributed by atoms with van der Waals surface area (Å²) < 4.78 is 25.6. The number of aliphatic carboxylic acids is 1. The number of hydrogen-bond acceptors (Lipinski definition) is 4. The molecule has 0 aliphatic carbocycles. The van der Waals surface area contributed by atoms with Crippen LogP contribution in [0.2, 0.25) is 0 Å². The first-order valence-electron chi connectivity index (χ1n) is 7.23. The zero-order valence-electron chi connectivity index (χ0n) is 12.5. The summed E-state index contributed by atoms with van der Waals surface area (Å²) in [4.78, 5) is 24.3. The minimum absolute atomic E-state index is 0.0154. The van der Waals surface area contributed by atoms with Crippen LogP contribution in [0, 0.1) is 5.92 Å². The van der Waals surface area contributed by atoms with Crippen LogP contribution in [0.3, 0.4) is 0 Å². The standard InChI is InChI=1S/C13H24N2O5S/c1-3-21(19,20)14-11-4-6-15(7-5-11)12(16)8-10(2)9-13(17)18/h10-11,14H,3-9H2,1-2H3,(H,17,18). The number of rotatable bonds is 7. The molecule has 0 radical (unpaired) electrons. The molecule has 1 rings (SSSR count). The normalized spacial score (nSPS) is 18.5. The van der Waals surface area contributed by atoms with Gasteiger partial charge in [-0.1, -0.05) is 6.92 Å². The molecule has 0 saturated carbocycles. The summed E-state index contributed by atoms with van der Waals surface area (Å²) in [5.74, 6) is -1.09. The number of carboxylic acids is 1. The maximum Gasteiger partial charge on any atom is 0.303 e. The lowest BCUT2D eigenvalue weighted by Crippen LogP contribution is -2.47. The lowest BCUT2D eigenvalue weighted by Gasteiger charge is -2.32. The van der Waals surface area contributed by atoms with Gasteiger partial charge in [-0.2, -0.15) is 0 Å². The van der Waals surface area contributed by atoms with E-state index in [1.165, 1.54) is 0 Å². The molecule has 1 aliphatic rings. The molecule has 1 saturated heterocycles. The fraction of sp³-hybridized carbons (Fsp3) is 0.846. The summed E-state index contributed by atoms with van der Waals surface area (Å²) in [5, 5.41) is 8.68. The highest BCUT2D eigenvalue weighted by Crippen LogP contribution is 2.16. The van der Waals surface area contributed by atoms with Crippen molar-refractivity contribution in [2.24, 2.45) is 5.92 Å². The highest BCUT2D eigenvalue weighted by atomic mass is 32.2. The lowest BCUT2D eigenvalue weighted by molar-refractivity contribution is -0.138. The second-order valence-electron chi connectivity index (χ2n) is 5.58. The monoisotopic (exact) mass is 320 g/mol. The van der Waals surface area contributed by atoms with Gasteiger partial charge in [0.1, 0.15) is 0 Å². The Morgan fingerprint density at radius 3 is 2.33 bits per heavy atom. The summed E-state index contributed by atoms with van der Waals surface area (Å²) in [5.41, 5.74) is 0. The maximum absolute atomic E-state index is 12.0. The maximum atomic E-state index is 12.0. The first-order chi connectivity index (χ1) is 9.73. The molecule has 1 fully saturated rings. The van der Waals surface area contributed by atoms with E-state index in [9.17, 15) is 18.0 Å². The Bertz CT molecular complexity index is 469. The number of hydrogen-bond donors (Lipinski definition) is 2. The van der Waals surface area contributed by atoms with Gasteiger partial charge >= 0.3 is 5.97 Å². The van der Waals surface area contributed by atoms with Gasteiger partial charge in [-0.3, -0.25) is 9.59 Å². The number of nitrogens with one attached hydrogen (secondary N) is 1. The van der Waals surface area contributed by atoms with E-state index in [-0.39, 0.29) is 36.5 Å². The third kappa shape index (κ3) is 6.43. The molecule has 1 heterocycles. The number of carbonyl (C=O) groups is 2. The van der Waals surface area contributed by atoms with E-state index in [0.29, 0.717) is 25.9 Å². The van der Waals surface area contributed by atoms with Gasteiger partial charge in [-0.15, -0.1) is 0 Å². The summed E-state index contributed by atoms with van der Waals surface area (Å²) in [6, 6.07) is -0.115. The Morgan fingerprint density at radius 1 is 1.29 bits per heavy atom. The first-order valence-corrected chi connectivity index (χ1v) is 8.88. The second-order valence-corrected chi connectivity index (χ2v) is 7.63. The van der Waals surface area contributed by atoms with Gasteiger partial charge in [0, 0.05) is 32.0 Å². The number of amides is 1. The van der Waals surface area contributed by atoms with Crippen LogP contribution in [-0.2, 0) is 19.6 Å². The average molecular weight is 320 g/mol. The smallest absolute Gasteiger partial charge is 0.303 e. The van der Waals surface area contributed by atoms with Crippen molar-refractivity contribution in [1.29, 1.82) is 0 Å². The summed E-state index contributed by atoms with van der Waals surface area (Å²) in [6.45, 7) is 4.35. The molecule has 0 bridgehead atoms. The Kier molecular flexibility index (Phi) is 6.60. The third-order valence-electron chi connectivity index (χ3n) is 3.62. The predicted octanol–water partition coefficient (Wildman–Crippen LogP) is 0.418. The van der Waals surface area contributed by atoms with E-state index in [4.69, 9.17) is 5.11 Å². The van der Waals surface area contributed by atoms with Crippen LogP contribution < -0.4 is 4.72 Å². The number of nitrogens with zero attached hydrogens (tertiary/aromatic N) is 1. The summed E-state index contributed by atoms with van der Waals surface area (Å²) in [6.07, 6.45) is 1.40. The van der Waals surface area contributed by atoms with Crippen LogP contribution in [0.4, 0.5) is 0 Å². The SMILES string of the molecule is CCS(=O)(=O)NC1CCN(C(=O)CC(C)CC(=O)O)CC1. The fourth-order valence-corrected chi connectivity index (χ4v) is 3.29. The van der Waals surface area contributed by atoms with Crippen LogP contribution in [0.25, 0.3) is 0 Å². The van der Waals surface area contributed by atoms with Crippen molar-refractivity contribution in [3.63, 3.8) is 0 Å². The van der Waals surface area contributed by atoms with Crippen LogP contribution in [0.1, 0.15) is 39.5 Å². The molecule has 122 valence electrons. The summed E-state index contributed by atoms with van der Waals surface area (Å²) in [7, 11) is -3.21. The number of carbonyl (C=O) groups excluding carboxylic acids is 1. The van der Waals surface area contributed by atoms with Crippen LogP contribution in [0.5, 0.6) is 0 Å². The van der Waals surface area contributed by atoms with E-state index in [2.05, 4.69) is 4.72 Å². The second kappa shape index (κ2) is 7.74. The third-order valence-corrected chi connectivity index (χ3v) is 5.07. The van der Waals surface area contributed by atoms with Gasteiger partial charge in [0.25, 0.3) is 0 Å². The number of likely N-dealkylation sites (tertiary alicyclic amines) is 1. The number of piperidine rings is 1. The molecule has 1 unspecified atom stereocenters. The first kappa shape index (κ1) is 17.9. The Morgan fingerprint density at radius 2 is 1.86 bits per heavy atom. The van der Waals surface area contributed by atoms with E-state index < -0.39 is 16.0 Å². The van der Waals surface area contributed by atoms with Crippen molar-refractivity contribution >= 4 is 21.9 Å².